The summed E-state index contributed by atoms with van der Waals surface area (Å²) >= 11 is 0. The van der Waals surface area contributed by atoms with Gasteiger partial charge in [0.1, 0.15) is 11.4 Å². The van der Waals surface area contributed by atoms with Crippen LogP contribution in [0.25, 0.3) is 0 Å². The molecule has 21 heavy (non-hydrogen) atoms. The van der Waals surface area contributed by atoms with E-state index in [9.17, 15) is 14.9 Å². The van der Waals surface area contributed by atoms with Gasteiger partial charge in [-0.15, -0.1) is 0 Å². The predicted octanol–water partition coefficient (Wildman–Crippen LogP) is 3.25. The van der Waals surface area contributed by atoms with Crippen LogP contribution in [0, 0.1) is 10.1 Å². The number of amides is 2. The first kappa shape index (κ1) is 14.3. The van der Waals surface area contributed by atoms with Gasteiger partial charge in [-0.2, -0.15) is 0 Å². The lowest BCUT2D eigenvalue weighted by molar-refractivity contribution is -0.383. The third-order valence-electron chi connectivity index (χ3n) is 2.70. The Balaban J connectivity index is 2.06. The van der Waals surface area contributed by atoms with Crippen LogP contribution >= 0.6 is 0 Å². The summed E-state index contributed by atoms with van der Waals surface area (Å²) in [5, 5.41) is 15.9. The summed E-state index contributed by atoms with van der Waals surface area (Å²) in [6.07, 6.45) is 0. The number of para-hydroxylation sites is 2. The Morgan fingerprint density at radius 1 is 1.10 bits per heavy atom. The predicted molar refractivity (Wildman–Crippen MR) is 78.7 cm³/mol. The average molecular weight is 287 g/mol. The lowest BCUT2D eigenvalue weighted by Crippen LogP contribution is -2.19. The van der Waals surface area contributed by atoms with Crippen LogP contribution in [0.3, 0.4) is 0 Å². The first-order valence-corrected chi connectivity index (χ1v) is 6.05. The summed E-state index contributed by atoms with van der Waals surface area (Å²) in [4.78, 5) is 22.1. The fraction of sp³-hybridized carbons (Fsp3) is 0.0714. The third-order valence-corrected chi connectivity index (χ3v) is 2.70. The van der Waals surface area contributed by atoms with Crippen LogP contribution in [0.5, 0.6) is 5.75 Å². The summed E-state index contributed by atoms with van der Waals surface area (Å²) in [5.41, 5.74) is 0.516. The van der Waals surface area contributed by atoms with Gasteiger partial charge in [0.15, 0.2) is 0 Å². The molecule has 0 aliphatic heterocycles. The highest BCUT2D eigenvalue weighted by molar-refractivity contribution is 6.01. The largest absolute Gasteiger partial charge is 0.497 e. The number of hydrogen-bond donors (Lipinski definition) is 2. The van der Waals surface area contributed by atoms with Crippen molar-refractivity contribution in [1.29, 1.82) is 0 Å². The van der Waals surface area contributed by atoms with E-state index in [-0.39, 0.29) is 11.4 Å². The molecule has 2 aromatic carbocycles. The van der Waals surface area contributed by atoms with Crippen LogP contribution in [-0.2, 0) is 0 Å². The van der Waals surface area contributed by atoms with E-state index in [1.165, 1.54) is 18.2 Å². The molecule has 0 bridgehead atoms. The molecule has 108 valence electrons. The third kappa shape index (κ3) is 3.69. The number of ether oxygens (including phenoxy) is 1. The maximum atomic E-state index is 11.8. The van der Waals surface area contributed by atoms with Crippen molar-refractivity contribution in [1.82, 2.24) is 0 Å². The van der Waals surface area contributed by atoms with E-state index in [0.717, 1.165) is 0 Å². The van der Waals surface area contributed by atoms with Crippen LogP contribution < -0.4 is 15.4 Å². The van der Waals surface area contributed by atoms with Crippen molar-refractivity contribution in [3.63, 3.8) is 0 Å². The van der Waals surface area contributed by atoms with Crippen LogP contribution in [-0.4, -0.2) is 18.1 Å². The summed E-state index contributed by atoms with van der Waals surface area (Å²) in [5.74, 6) is 0.666. The summed E-state index contributed by atoms with van der Waals surface area (Å²) in [7, 11) is 1.55. The lowest BCUT2D eigenvalue weighted by atomic mass is 10.2. The molecule has 7 heteroatoms. The first-order chi connectivity index (χ1) is 10.1. The topological polar surface area (TPSA) is 93.5 Å². The van der Waals surface area contributed by atoms with Crippen molar-refractivity contribution >= 4 is 23.1 Å². The second-order valence-electron chi connectivity index (χ2n) is 4.08. The molecule has 0 saturated heterocycles. The molecule has 0 aliphatic rings. The Kier molecular flexibility index (Phi) is 4.35. The first-order valence-electron chi connectivity index (χ1n) is 6.05. The molecule has 0 heterocycles. The molecular formula is C14H13N3O4. The second kappa shape index (κ2) is 6.38. The Bertz CT molecular complexity index is 656. The zero-order chi connectivity index (χ0) is 15.2. The number of nitro groups is 1. The molecule has 0 unspecified atom stereocenters. The van der Waals surface area contributed by atoms with Gasteiger partial charge in [-0.1, -0.05) is 12.1 Å². The number of benzene rings is 2. The Labute approximate surface area is 120 Å². The number of methoxy groups -OCH3 is 1. The molecule has 7 nitrogen and oxygen atoms in total. The van der Waals surface area contributed by atoms with Gasteiger partial charge in [-0.05, 0) is 30.3 Å². The number of nitrogens with one attached hydrogen (secondary N) is 2. The van der Waals surface area contributed by atoms with E-state index in [0.29, 0.717) is 11.4 Å². The quantitative estimate of drug-likeness (QED) is 0.666. The molecule has 0 aliphatic carbocycles. The number of nitro benzene ring substituents is 1. The zero-order valence-electron chi connectivity index (χ0n) is 11.2. The van der Waals surface area contributed by atoms with Gasteiger partial charge in [0.25, 0.3) is 5.69 Å². The number of hydrogen-bond acceptors (Lipinski definition) is 4. The van der Waals surface area contributed by atoms with Gasteiger partial charge < -0.3 is 15.4 Å². The minimum absolute atomic E-state index is 0.133. The molecule has 2 aromatic rings. The molecule has 2 amide bonds. The molecule has 0 atom stereocenters. The molecule has 0 saturated carbocycles. The van der Waals surface area contributed by atoms with E-state index in [4.69, 9.17) is 4.74 Å². The van der Waals surface area contributed by atoms with E-state index in [2.05, 4.69) is 10.6 Å². The molecule has 0 aromatic heterocycles. The van der Waals surface area contributed by atoms with Crippen LogP contribution in [0.1, 0.15) is 0 Å². The fourth-order valence-electron chi connectivity index (χ4n) is 1.70. The number of carbonyl (C=O) groups is 1. The molecule has 0 radical (unpaired) electrons. The molecular weight excluding hydrogens is 274 g/mol. The van der Waals surface area contributed by atoms with Crippen molar-refractivity contribution in [3.8, 4) is 5.75 Å². The highest BCUT2D eigenvalue weighted by Crippen LogP contribution is 2.23. The normalized spacial score (nSPS) is 9.76. The number of rotatable bonds is 4. The Morgan fingerprint density at radius 2 is 1.76 bits per heavy atom. The highest BCUT2D eigenvalue weighted by atomic mass is 16.6. The SMILES string of the molecule is COc1ccc(NC(=O)Nc2ccccc2[N+](=O)[O-])cc1. The van der Waals surface area contributed by atoms with Gasteiger partial charge in [-0.25, -0.2) is 4.79 Å². The highest BCUT2D eigenvalue weighted by Gasteiger charge is 2.14. The number of anilines is 2. The molecule has 2 rings (SSSR count). The molecule has 2 N–H and O–H groups in total. The van der Waals surface area contributed by atoms with Crippen molar-refractivity contribution < 1.29 is 14.5 Å². The van der Waals surface area contributed by atoms with Gasteiger partial charge >= 0.3 is 6.03 Å². The van der Waals surface area contributed by atoms with Gasteiger partial charge in [0, 0.05) is 11.8 Å². The van der Waals surface area contributed by atoms with Crippen molar-refractivity contribution in [2.75, 3.05) is 17.7 Å². The maximum absolute atomic E-state index is 11.8. The van der Waals surface area contributed by atoms with Crippen molar-refractivity contribution in [2.45, 2.75) is 0 Å². The number of nitrogens with zero attached hydrogens (tertiary/aromatic N) is 1. The van der Waals surface area contributed by atoms with Gasteiger partial charge in [0.2, 0.25) is 0 Å². The lowest BCUT2D eigenvalue weighted by Gasteiger charge is -2.08. The van der Waals surface area contributed by atoms with Crippen molar-refractivity contribution in [3.05, 3.63) is 58.6 Å². The summed E-state index contributed by atoms with van der Waals surface area (Å²) in [6.45, 7) is 0. The smallest absolute Gasteiger partial charge is 0.323 e. The van der Waals surface area contributed by atoms with Crippen molar-refractivity contribution in [2.24, 2.45) is 0 Å². The zero-order valence-corrected chi connectivity index (χ0v) is 11.2. The Hall–Kier alpha value is -3.09. The standard InChI is InChI=1S/C14H13N3O4/c1-21-11-8-6-10(7-9-11)15-14(18)16-12-4-2-3-5-13(12)17(19)20/h2-9H,1H3,(H2,15,16,18). The molecule has 0 fully saturated rings. The van der Waals surface area contributed by atoms with E-state index in [1.54, 1.807) is 37.4 Å². The average Bonchev–Trinajstić information content (AvgIpc) is 2.48. The van der Waals surface area contributed by atoms with Gasteiger partial charge in [0.05, 0.1) is 12.0 Å². The monoisotopic (exact) mass is 287 g/mol. The van der Waals surface area contributed by atoms with E-state index < -0.39 is 11.0 Å². The summed E-state index contributed by atoms with van der Waals surface area (Å²) in [6, 6.07) is 12.1. The summed E-state index contributed by atoms with van der Waals surface area (Å²) < 4.78 is 5.01. The minimum Gasteiger partial charge on any atom is -0.497 e. The van der Waals surface area contributed by atoms with Crippen LogP contribution in [0.2, 0.25) is 0 Å². The number of urea groups is 1. The van der Waals surface area contributed by atoms with E-state index >= 15 is 0 Å². The Morgan fingerprint density at radius 3 is 2.38 bits per heavy atom. The fourth-order valence-corrected chi connectivity index (χ4v) is 1.70. The maximum Gasteiger partial charge on any atom is 0.323 e. The van der Waals surface area contributed by atoms with Gasteiger partial charge in [-0.3, -0.25) is 10.1 Å². The van der Waals surface area contributed by atoms with Crippen LogP contribution in [0.4, 0.5) is 21.9 Å². The van der Waals surface area contributed by atoms with Crippen LogP contribution in [0.15, 0.2) is 48.5 Å². The van der Waals surface area contributed by atoms with E-state index in [1.807, 2.05) is 0 Å². The number of carbonyl (C=O) groups excluding carboxylic acids is 1. The minimum atomic E-state index is -0.561. The second-order valence-corrected chi connectivity index (χ2v) is 4.08. The molecule has 0 spiro atoms.